The molecular formula is C17H34N3O2+. The van der Waals surface area contributed by atoms with Crippen molar-refractivity contribution in [3.8, 4) is 0 Å². The van der Waals surface area contributed by atoms with Gasteiger partial charge in [-0.25, -0.2) is 0 Å². The minimum absolute atomic E-state index is 0.0204. The zero-order valence-corrected chi connectivity index (χ0v) is 14.8. The van der Waals surface area contributed by atoms with Crippen LogP contribution in [0.4, 0.5) is 0 Å². The second kappa shape index (κ2) is 9.82. The van der Waals surface area contributed by atoms with Crippen molar-refractivity contribution in [3.05, 3.63) is 0 Å². The van der Waals surface area contributed by atoms with Gasteiger partial charge in [0.05, 0.1) is 19.6 Å². The van der Waals surface area contributed by atoms with Crippen molar-refractivity contribution >= 4 is 11.8 Å². The van der Waals surface area contributed by atoms with E-state index in [0.29, 0.717) is 19.4 Å². The molecule has 5 nitrogen and oxygen atoms in total. The van der Waals surface area contributed by atoms with E-state index in [1.165, 1.54) is 25.9 Å². The fourth-order valence-corrected chi connectivity index (χ4v) is 3.36. The molecule has 1 atom stereocenters. The number of amides is 2. The van der Waals surface area contributed by atoms with Gasteiger partial charge >= 0.3 is 0 Å². The Labute approximate surface area is 135 Å². The molecule has 1 aliphatic rings. The lowest BCUT2D eigenvalue weighted by Gasteiger charge is -2.27. The third kappa shape index (κ3) is 5.59. The summed E-state index contributed by atoms with van der Waals surface area (Å²) in [6.07, 6.45) is 4.57. The quantitative estimate of drug-likeness (QED) is 0.580. The number of hydrogen-bond acceptors (Lipinski definition) is 2. The van der Waals surface area contributed by atoms with Crippen LogP contribution in [0.5, 0.6) is 0 Å². The minimum Gasteiger partial charge on any atom is -0.354 e. The van der Waals surface area contributed by atoms with E-state index < -0.39 is 0 Å². The maximum atomic E-state index is 12.3. The molecule has 1 saturated heterocycles. The molecule has 0 aromatic carbocycles. The van der Waals surface area contributed by atoms with Gasteiger partial charge in [0.2, 0.25) is 11.8 Å². The van der Waals surface area contributed by atoms with Crippen molar-refractivity contribution in [2.75, 3.05) is 26.2 Å². The minimum atomic E-state index is -0.262. The second-order valence-electron chi connectivity index (χ2n) is 6.59. The Bertz CT molecular complexity index is 352. The highest BCUT2D eigenvalue weighted by Gasteiger charge is 2.37. The molecule has 1 rings (SSSR count). The first-order valence-corrected chi connectivity index (χ1v) is 8.93. The van der Waals surface area contributed by atoms with Crippen molar-refractivity contribution < 1.29 is 14.5 Å². The Balaban J connectivity index is 2.32. The van der Waals surface area contributed by atoms with Gasteiger partial charge in [-0.1, -0.05) is 13.8 Å². The van der Waals surface area contributed by atoms with E-state index in [1.54, 1.807) is 9.80 Å². The molecule has 2 amide bonds. The number of hydrogen-bond donors (Lipinski definition) is 2. The zero-order chi connectivity index (χ0) is 16.5. The zero-order valence-electron chi connectivity index (χ0n) is 14.8. The molecule has 0 saturated carbocycles. The number of nitrogens with one attached hydrogen (secondary N) is 2. The number of carbonyl (C=O) groups excluding carboxylic acids is 2. The lowest BCUT2D eigenvalue weighted by molar-refractivity contribution is -0.900. The van der Waals surface area contributed by atoms with Crippen molar-refractivity contribution in [1.82, 2.24) is 10.2 Å². The maximum absolute atomic E-state index is 12.3. The van der Waals surface area contributed by atoms with Crippen LogP contribution in [0.1, 0.15) is 59.8 Å². The van der Waals surface area contributed by atoms with Gasteiger partial charge < -0.3 is 15.1 Å². The fraction of sp³-hybridized carbons (Fsp3) is 0.882. The number of nitrogens with zero attached hydrogens (tertiary/aromatic N) is 1. The van der Waals surface area contributed by atoms with Crippen LogP contribution >= 0.6 is 0 Å². The van der Waals surface area contributed by atoms with Gasteiger partial charge in [0.25, 0.3) is 0 Å². The summed E-state index contributed by atoms with van der Waals surface area (Å²) >= 11 is 0. The molecule has 5 heteroatoms. The van der Waals surface area contributed by atoms with E-state index in [9.17, 15) is 9.59 Å². The molecule has 0 aliphatic carbocycles. The van der Waals surface area contributed by atoms with Crippen molar-refractivity contribution in [2.45, 2.75) is 71.9 Å². The summed E-state index contributed by atoms with van der Waals surface area (Å²) in [6, 6.07) is -0.165. The fourth-order valence-electron chi connectivity index (χ4n) is 3.36. The molecule has 2 N–H and O–H groups in total. The monoisotopic (exact) mass is 312 g/mol. The average molecular weight is 312 g/mol. The first kappa shape index (κ1) is 18.9. The van der Waals surface area contributed by atoms with Gasteiger partial charge in [-0.2, -0.15) is 0 Å². The Morgan fingerprint density at radius 1 is 1.27 bits per heavy atom. The summed E-state index contributed by atoms with van der Waals surface area (Å²) in [4.78, 5) is 27.5. The molecule has 0 spiro atoms. The molecule has 128 valence electrons. The van der Waals surface area contributed by atoms with Crippen molar-refractivity contribution in [1.29, 1.82) is 0 Å². The lowest BCUT2D eigenvalue weighted by Crippen LogP contribution is -3.12. The van der Waals surface area contributed by atoms with Gasteiger partial charge in [-0.05, 0) is 33.1 Å². The number of rotatable bonds is 10. The number of carbonyl (C=O) groups is 2. The summed E-state index contributed by atoms with van der Waals surface area (Å²) in [7, 11) is 0. The van der Waals surface area contributed by atoms with Crippen molar-refractivity contribution in [2.24, 2.45) is 0 Å². The third-order valence-electron chi connectivity index (χ3n) is 4.33. The summed E-state index contributed by atoms with van der Waals surface area (Å²) in [5.74, 6) is 0.128. The van der Waals surface area contributed by atoms with E-state index >= 15 is 0 Å². The molecule has 0 bridgehead atoms. The van der Waals surface area contributed by atoms with E-state index in [-0.39, 0.29) is 23.9 Å². The van der Waals surface area contributed by atoms with E-state index in [1.807, 2.05) is 13.8 Å². The largest absolute Gasteiger partial charge is 0.354 e. The summed E-state index contributed by atoms with van der Waals surface area (Å²) in [5, 5.41) is 3.02. The summed E-state index contributed by atoms with van der Waals surface area (Å²) < 4.78 is 0. The molecular weight excluding hydrogens is 278 g/mol. The van der Waals surface area contributed by atoms with Crippen LogP contribution in [0.2, 0.25) is 0 Å². The predicted molar refractivity (Wildman–Crippen MR) is 88.8 cm³/mol. The summed E-state index contributed by atoms with van der Waals surface area (Å²) in [5.41, 5.74) is 0. The molecule has 1 fully saturated rings. The van der Waals surface area contributed by atoms with Gasteiger partial charge in [0, 0.05) is 25.4 Å². The standard InChI is InChI=1S/C17H33N3O2/c1-5-11-19(12-6-2)13-7-10-18-17(22)15-8-9-16(21)20(15)14(3)4/h14-15H,5-13H2,1-4H3,(H,18,22)/p+1. The van der Waals surface area contributed by atoms with E-state index in [0.717, 1.165) is 13.0 Å². The van der Waals surface area contributed by atoms with Gasteiger partial charge in [-0.3, -0.25) is 9.59 Å². The van der Waals surface area contributed by atoms with Crippen LogP contribution in [0, 0.1) is 0 Å². The van der Waals surface area contributed by atoms with Crippen LogP contribution in [0.3, 0.4) is 0 Å². The SMILES string of the molecule is CCC[NH+](CCC)CCCNC(=O)C1CCC(=O)N1C(C)C. The Morgan fingerprint density at radius 3 is 2.45 bits per heavy atom. The third-order valence-corrected chi connectivity index (χ3v) is 4.33. The molecule has 1 aliphatic heterocycles. The number of quaternary nitrogens is 1. The van der Waals surface area contributed by atoms with Gasteiger partial charge in [0.15, 0.2) is 0 Å². The lowest BCUT2D eigenvalue weighted by atomic mass is 10.2. The first-order chi connectivity index (χ1) is 10.5. The molecule has 0 aromatic heterocycles. The highest BCUT2D eigenvalue weighted by atomic mass is 16.2. The Hall–Kier alpha value is -1.10. The average Bonchev–Trinajstić information content (AvgIpc) is 2.85. The van der Waals surface area contributed by atoms with Gasteiger partial charge in [0.1, 0.15) is 6.04 Å². The van der Waals surface area contributed by atoms with Crippen LogP contribution in [0.15, 0.2) is 0 Å². The second-order valence-corrected chi connectivity index (χ2v) is 6.59. The summed E-state index contributed by atoms with van der Waals surface area (Å²) in [6.45, 7) is 12.6. The van der Waals surface area contributed by atoms with Crippen molar-refractivity contribution in [3.63, 3.8) is 0 Å². The smallest absolute Gasteiger partial charge is 0.242 e. The highest BCUT2D eigenvalue weighted by Crippen LogP contribution is 2.21. The molecule has 1 heterocycles. The van der Waals surface area contributed by atoms with Crippen LogP contribution in [0.25, 0.3) is 0 Å². The predicted octanol–water partition coefficient (Wildman–Crippen LogP) is 0.597. The molecule has 0 radical (unpaired) electrons. The molecule has 1 unspecified atom stereocenters. The maximum Gasteiger partial charge on any atom is 0.242 e. The van der Waals surface area contributed by atoms with E-state index in [2.05, 4.69) is 19.2 Å². The Kier molecular flexibility index (Phi) is 8.46. The normalized spacial score (nSPS) is 18.5. The van der Waals surface area contributed by atoms with Crippen LogP contribution in [-0.2, 0) is 9.59 Å². The van der Waals surface area contributed by atoms with E-state index in [4.69, 9.17) is 0 Å². The number of likely N-dealkylation sites (tertiary alicyclic amines) is 1. The highest BCUT2D eigenvalue weighted by molar-refractivity contribution is 5.91. The van der Waals surface area contributed by atoms with Crippen LogP contribution < -0.4 is 10.2 Å². The topological polar surface area (TPSA) is 53.9 Å². The van der Waals surface area contributed by atoms with Crippen LogP contribution in [-0.4, -0.2) is 55.0 Å². The van der Waals surface area contributed by atoms with Gasteiger partial charge in [-0.15, -0.1) is 0 Å². The molecule has 22 heavy (non-hydrogen) atoms. The Morgan fingerprint density at radius 2 is 1.91 bits per heavy atom. The first-order valence-electron chi connectivity index (χ1n) is 8.93. The molecule has 0 aromatic rings.